The van der Waals surface area contributed by atoms with Gasteiger partial charge in [0.1, 0.15) is 0 Å². The Hall–Kier alpha value is -6.29. The maximum Gasteiger partial charge on any atom is 0.0985 e. The van der Waals surface area contributed by atoms with Gasteiger partial charge < -0.3 is 4.57 Å². The summed E-state index contributed by atoms with van der Waals surface area (Å²) in [4.78, 5) is 5.46. The van der Waals surface area contributed by atoms with E-state index in [1.807, 2.05) is 11.3 Å². The average Bonchev–Trinajstić information content (AvgIpc) is 3.91. The van der Waals surface area contributed by atoms with Crippen molar-refractivity contribution in [3.8, 4) is 39.2 Å². The van der Waals surface area contributed by atoms with Gasteiger partial charge in [0.2, 0.25) is 0 Å². The second-order valence-electron chi connectivity index (χ2n) is 13.8. The lowest BCUT2D eigenvalue weighted by Gasteiger charge is -2.30. The summed E-state index contributed by atoms with van der Waals surface area (Å²) < 4.78 is 5.05. The molecule has 51 heavy (non-hydrogen) atoms. The topological polar surface area (TPSA) is 17.8 Å². The number of benzene rings is 7. The molecule has 1 spiro atoms. The van der Waals surface area contributed by atoms with Crippen LogP contribution in [0, 0.1) is 0 Å². The zero-order valence-electron chi connectivity index (χ0n) is 27.5. The largest absolute Gasteiger partial charge is 0.308 e. The Labute approximate surface area is 298 Å². The summed E-state index contributed by atoms with van der Waals surface area (Å²) in [5.41, 5.74) is 16.9. The number of aromatic nitrogens is 2. The molecule has 0 fully saturated rings. The molecular weight excluding hydrogens is 637 g/mol. The fourth-order valence-electron chi connectivity index (χ4n) is 9.41. The van der Waals surface area contributed by atoms with Gasteiger partial charge >= 0.3 is 0 Å². The van der Waals surface area contributed by atoms with Crippen LogP contribution in [0.5, 0.6) is 0 Å². The van der Waals surface area contributed by atoms with Crippen molar-refractivity contribution >= 4 is 53.4 Å². The molecule has 0 bridgehead atoms. The molecule has 2 aliphatic rings. The van der Waals surface area contributed by atoms with Gasteiger partial charge in [-0.3, -0.25) is 0 Å². The fraction of sp³-hybridized carbons (Fsp3) is 0.0208. The number of hydrogen-bond donors (Lipinski definition) is 0. The highest BCUT2D eigenvalue weighted by Gasteiger charge is 2.51. The van der Waals surface area contributed by atoms with E-state index < -0.39 is 5.41 Å². The second-order valence-corrected chi connectivity index (χ2v) is 14.9. The van der Waals surface area contributed by atoms with Crippen LogP contribution in [0.15, 0.2) is 170 Å². The smallest absolute Gasteiger partial charge is 0.0985 e. The third kappa shape index (κ3) is 3.44. The normalized spacial score (nSPS) is 13.6. The average molecular weight is 665 g/mol. The number of fused-ring (bicyclic) bond motifs is 17. The molecule has 2 aliphatic carbocycles. The van der Waals surface area contributed by atoms with E-state index in [2.05, 4.69) is 174 Å². The highest BCUT2D eigenvalue weighted by molar-refractivity contribution is 7.26. The van der Waals surface area contributed by atoms with Crippen LogP contribution in [-0.2, 0) is 5.41 Å². The highest BCUT2D eigenvalue weighted by atomic mass is 32.1. The summed E-state index contributed by atoms with van der Waals surface area (Å²) in [6.07, 6.45) is 0. The number of rotatable bonds is 2. The van der Waals surface area contributed by atoms with Crippen molar-refractivity contribution in [1.82, 2.24) is 9.55 Å². The van der Waals surface area contributed by atoms with E-state index >= 15 is 0 Å². The molecule has 0 amide bonds. The van der Waals surface area contributed by atoms with Gasteiger partial charge in [-0.25, -0.2) is 4.98 Å². The Morgan fingerprint density at radius 2 is 1.08 bits per heavy atom. The van der Waals surface area contributed by atoms with Crippen molar-refractivity contribution in [2.24, 2.45) is 0 Å². The lowest BCUT2D eigenvalue weighted by Crippen LogP contribution is -2.26. The van der Waals surface area contributed by atoms with Crippen LogP contribution in [-0.4, -0.2) is 9.55 Å². The summed E-state index contributed by atoms with van der Waals surface area (Å²) in [7, 11) is 0. The first kappa shape index (κ1) is 27.5. The zero-order chi connectivity index (χ0) is 33.3. The van der Waals surface area contributed by atoms with E-state index in [-0.39, 0.29) is 0 Å². The number of thiophene rings is 1. The SMILES string of the molecule is c1ccc(-c2ccc3c(n2)c2c4sc5ccccc5c4ccc2n3-c2ccc3c(c2)C2(c4ccccc4-c4ccccc42)c2ccccc2-3)cc1. The molecule has 3 heteroatoms. The monoisotopic (exact) mass is 664 g/mol. The molecule has 0 unspecified atom stereocenters. The van der Waals surface area contributed by atoms with Gasteiger partial charge in [0, 0.05) is 36.8 Å². The maximum absolute atomic E-state index is 5.46. The number of pyridine rings is 1. The summed E-state index contributed by atoms with van der Waals surface area (Å²) >= 11 is 1.87. The van der Waals surface area contributed by atoms with Crippen LogP contribution in [0.25, 0.3) is 81.3 Å². The van der Waals surface area contributed by atoms with Crippen LogP contribution in [0.2, 0.25) is 0 Å². The van der Waals surface area contributed by atoms with Gasteiger partial charge in [0.25, 0.3) is 0 Å². The predicted molar refractivity (Wildman–Crippen MR) is 213 cm³/mol. The quantitative estimate of drug-likeness (QED) is 0.180. The molecule has 236 valence electrons. The molecule has 0 atom stereocenters. The van der Waals surface area contributed by atoms with Crippen LogP contribution in [0.3, 0.4) is 0 Å². The Morgan fingerprint density at radius 3 is 1.80 bits per heavy atom. The molecule has 2 nitrogen and oxygen atoms in total. The first-order valence-electron chi connectivity index (χ1n) is 17.6. The molecule has 0 saturated carbocycles. The lowest BCUT2D eigenvalue weighted by atomic mass is 9.70. The molecule has 0 N–H and O–H groups in total. The van der Waals surface area contributed by atoms with Crippen LogP contribution < -0.4 is 0 Å². The molecule has 3 aromatic heterocycles. The van der Waals surface area contributed by atoms with Crippen molar-refractivity contribution in [2.75, 3.05) is 0 Å². The minimum Gasteiger partial charge on any atom is -0.308 e. The van der Waals surface area contributed by atoms with E-state index in [9.17, 15) is 0 Å². The molecule has 7 aromatic carbocycles. The van der Waals surface area contributed by atoms with Gasteiger partial charge in [0.05, 0.1) is 27.7 Å². The first-order chi connectivity index (χ1) is 25.3. The van der Waals surface area contributed by atoms with Gasteiger partial charge in [-0.1, -0.05) is 133 Å². The van der Waals surface area contributed by atoms with Crippen molar-refractivity contribution < 1.29 is 0 Å². The van der Waals surface area contributed by atoms with E-state index in [4.69, 9.17) is 4.98 Å². The minimum atomic E-state index is -0.397. The van der Waals surface area contributed by atoms with E-state index in [0.717, 1.165) is 28.0 Å². The molecule has 3 heterocycles. The fourth-order valence-corrected chi connectivity index (χ4v) is 10.7. The van der Waals surface area contributed by atoms with Gasteiger partial charge in [-0.05, 0) is 80.9 Å². The Kier molecular flexibility index (Phi) is 5.35. The number of hydrogen-bond acceptors (Lipinski definition) is 2. The Bertz CT molecular complexity index is 3030. The zero-order valence-corrected chi connectivity index (χ0v) is 28.3. The molecule has 0 aliphatic heterocycles. The summed E-state index contributed by atoms with van der Waals surface area (Å²) in [5.74, 6) is 0. The van der Waals surface area contributed by atoms with E-state index in [1.165, 1.54) is 75.6 Å². The molecule has 0 saturated heterocycles. The molecule has 0 radical (unpaired) electrons. The first-order valence-corrected chi connectivity index (χ1v) is 18.4. The van der Waals surface area contributed by atoms with E-state index in [0.29, 0.717) is 0 Å². The van der Waals surface area contributed by atoms with Gasteiger partial charge in [-0.15, -0.1) is 11.3 Å². The van der Waals surface area contributed by atoms with Gasteiger partial charge in [0.15, 0.2) is 0 Å². The predicted octanol–water partition coefficient (Wildman–Crippen LogP) is 12.6. The Balaban J connectivity index is 1.20. The lowest BCUT2D eigenvalue weighted by molar-refractivity contribution is 0.792. The van der Waals surface area contributed by atoms with Crippen molar-refractivity contribution in [1.29, 1.82) is 0 Å². The summed E-state index contributed by atoms with van der Waals surface area (Å²) in [5, 5.41) is 3.81. The van der Waals surface area contributed by atoms with Crippen LogP contribution in [0.1, 0.15) is 22.3 Å². The second kappa shape index (κ2) is 9.91. The van der Waals surface area contributed by atoms with E-state index in [1.54, 1.807) is 0 Å². The minimum absolute atomic E-state index is 0.397. The van der Waals surface area contributed by atoms with Crippen molar-refractivity contribution in [3.63, 3.8) is 0 Å². The third-order valence-electron chi connectivity index (χ3n) is 11.4. The number of nitrogens with zero attached hydrogens (tertiary/aromatic N) is 2. The summed E-state index contributed by atoms with van der Waals surface area (Å²) in [6, 6.07) is 62.7. The molecule has 12 rings (SSSR count). The maximum atomic E-state index is 5.46. The molecule has 10 aromatic rings. The van der Waals surface area contributed by atoms with Crippen LogP contribution in [0.4, 0.5) is 0 Å². The standard InChI is InChI=1S/C48H28N2S/c1-2-12-29(13-3-1)41-25-27-43-46(49-41)45-42(26-24-36-35-17-7-11-21-44(35)51-47(36)45)50(43)30-22-23-34-33-16-6-10-20-39(33)48(40(34)28-30)37-18-8-4-14-31(37)32-15-5-9-19-38(32)48/h1-28H. The van der Waals surface area contributed by atoms with Gasteiger partial charge in [-0.2, -0.15) is 0 Å². The highest BCUT2D eigenvalue weighted by Crippen LogP contribution is 2.63. The summed E-state index contributed by atoms with van der Waals surface area (Å²) in [6.45, 7) is 0. The Morgan fingerprint density at radius 1 is 0.471 bits per heavy atom. The van der Waals surface area contributed by atoms with Crippen molar-refractivity contribution in [2.45, 2.75) is 5.41 Å². The van der Waals surface area contributed by atoms with Crippen LogP contribution >= 0.6 is 11.3 Å². The molecular formula is C48H28N2S. The van der Waals surface area contributed by atoms with Crippen molar-refractivity contribution in [3.05, 3.63) is 192 Å². The third-order valence-corrected chi connectivity index (χ3v) is 12.6.